The van der Waals surface area contributed by atoms with E-state index in [1.165, 1.54) is 24.8 Å². The first-order chi connectivity index (χ1) is 14.2. The maximum atomic E-state index is 11.7. The summed E-state index contributed by atoms with van der Waals surface area (Å²) in [4.78, 5) is 19.0. The number of hydrogen-bond donors (Lipinski definition) is 1. The van der Waals surface area contributed by atoms with Crippen molar-refractivity contribution in [3.05, 3.63) is 51.1 Å². The van der Waals surface area contributed by atoms with Gasteiger partial charge in [0.05, 0.1) is 0 Å². The van der Waals surface area contributed by atoms with Crippen LogP contribution in [-0.2, 0) is 17.6 Å². The first-order valence-corrected chi connectivity index (χ1v) is 14.0. The third-order valence-electron chi connectivity index (χ3n) is 5.83. The number of halogens is 1. The van der Waals surface area contributed by atoms with Crippen molar-refractivity contribution in [1.82, 2.24) is 9.27 Å². The molecule has 2 aliphatic rings. The average Bonchev–Trinajstić information content (AvgIpc) is 3.34. The van der Waals surface area contributed by atoms with Crippen LogP contribution in [-0.4, -0.2) is 52.8 Å². The molecule has 1 N–H and O–H groups in total. The summed E-state index contributed by atoms with van der Waals surface area (Å²) in [5.41, 5.74) is 3.66. The molecule has 152 valence electrons. The Hall–Kier alpha value is -1.71. The number of piperazine rings is 1. The van der Waals surface area contributed by atoms with Gasteiger partial charge in [0, 0.05) is 0 Å². The van der Waals surface area contributed by atoms with Crippen molar-refractivity contribution in [1.29, 1.82) is 0 Å². The molecule has 7 heteroatoms. The molecule has 1 saturated heterocycles. The molecular formula is C22H24IN4OS-. The van der Waals surface area contributed by atoms with E-state index in [2.05, 4.69) is 56.4 Å². The van der Waals surface area contributed by atoms with E-state index in [0.29, 0.717) is 6.42 Å². The van der Waals surface area contributed by atoms with Crippen LogP contribution in [0.3, 0.4) is 0 Å². The van der Waals surface area contributed by atoms with Gasteiger partial charge in [-0.3, -0.25) is 0 Å². The summed E-state index contributed by atoms with van der Waals surface area (Å²) in [6.45, 7) is 5.30. The minimum atomic E-state index is -0.00102. The fraction of sp³-hybridized carbons (Fsp3) is 0.364. The molecule has 0 atom stereocenters. The molecule has 0 saturated carbocycles. The van der Waals surface area contributed by atoms with Crippen LogP contribution in [0, 0.1) is 3.57 Å². The Morgan fingerprint density at radius 2 is 2.00 bits per heavy atom. The van der Waals surface area contributed by atoms with E-state index in [-0.39, 0.29) is 27.1 Å². The predicted molar refractivity (Wildman–Crippen MR) is 115 cm³/mol. The minimum absolute atomic E-state index is 0.00102. The van der Waals surface area contributed by atoms with E-state index in [1.807, 2.05) is 0 Å². The summed E-state index contributed by atoms with van der Waals surface area (Å²) < 4.78 is 7.46. The van der Waals surface area contributed by atoms with E-state index >= 15 is 0 Å². The standard InChI is InChI=1S/C22H24IN4OS/c1-23-18-14-19-16(13-21(28)24-19)12-15(18)6-7-26-8-10-27(11-9-26)22-17-4-2-3-5-20(17)29-25-22/h2-5,12,14H,6-11,13H2,1H3,(H,24,28)/q-1. The molecule has 5 rings (SSSR count). The van der Waals surface area contributed by atoms with Gasteiger partial charge in [-0.15, -0.1) is 0 Å². The van der Waals surface area contributed by atoms with Crippen LogP contribution in [0.15, 0.2) is 36.4 Å². The molecule has 1 aromatic heterocycles. The zero-order valence-corrected chi connectivity index (χ0v) is 19.4. The van der Waals surface area contributed by atoms with E-state index < -0.39 is 0 Å². The van der Waals surface area contributed by atoms with Crippen molar-refractivity contribution in [3.63, 3.8) is 0 Å². The number of nitrogens with zero attached hydrogens (tertiary/aromatic N) is 3. The van der Waals surface area contributed by atoms with Gasteiger partial charge in [-0.1, -0.05) is 6.07 Å². The molecule has 5 nitrogen and oxygen atoms in total. The van der Waals surface area contributed by atoms with Gasteiger partial charge in [-0.05, 0) is 0 Å². The Labute approximate surface area is 185 Å². The van der Waals surface area contributed by atoms with Gasteiger partial charge in [0.1, 0.15) is 0 Å². The van der Waals surface area contributed by atoms with Crippen molar-refractivity contribution in [2.45, 2.75) is 12.8 Å². The summed E-state index contributed by atoms with van der Waals surface area (Å²) in [5.74, 6) is 1.28. The molecule has 1 fully saturated rings. The fourth-order valence-electron chi connectivity index (χ4n) is 4.23. The number of rotatable bonds is 5. The normalized spacial score (nSPS) is 17.1. The van der Waals surface area contributed by atoms with E-state index in [0.717, 1.165) is 50.6 Å². The number of anilines is 2. The number of amides is 1. The van der Waals surface area contributed by atoms with E-state index in [1.54, 1.807) is 11.5 Å². The molecule has 0 spiro atoms. The van der Waals surface area contributed by atoms with Crippen LogP contribution in [0.25, 0.3) is 10.1 Å². The van der Waals surface area contributed by atoms with E-state index in [9.17, 15) is 4.79 Å². The monoisotopic (exact) mass is 519 g/mol. The molecule has 29 heavy (non-hydrogen) atoms. The fourth-order valence-corrected chi connectivity index (χ4v) is 6.77. The number of hydrogen-bond acceptors (Lipinski definition) is 5. The molecule has 0 bridgehead atoms. The van der Waals surface area contributed by atoms with Gasteiger partial charge in [0.2, 0.25) is 0 Å². The Morgan fingerprint density at radius 1 is 1.17 bits per heavy atom. The first-order valence-electron chi connectivity index (χ1n) is 9.98. The van der Waals surface area contributed by atoms with Crippen molar-refractivity contribution < 1.29 is 26.0 Å². The van der Waals surface area contributed by atoms with Crippen LogP contribution in [0.5, 0.6) is 0 Å². The number of alkyl halides is 1. The molecule has 1 amide bonds. The third kappa shape index (κ3) is 3.87. The number of carbonyl (C=O) groups excluding carboxylic acids is 1. The van der Waals surface area contributed by atoms with Crippen LogP contribution >= 0.6 is 11.5 Å². The van der Waals surface area contributed by atoms with Crippen LogP contribution in [0.4, 0.5) is 11.5 Å². The number of benzene rings is 2. The molecule has 2 aliphatic heterocycles. The molecule has 0 radical (unpaired) electrons. The predicted octanol–water partition coefficient (Wildman–Crippen LogP) is 0.0440. The Bertz CT molecular complexity index is 1060. The van der Waals surface area contributed by atoms with Gasteiger partial charge in [0.25, 0.3) is 0 Å². The van der Waals surface area contributed by atoms with Crippen LogP contribution < -0.4 is 31.4 Å². The van der Waals surface area contributed by atoms with Gasteiger partial charge in [-0.2, -0.15) is 0 Å². The second kappa shape index (κ2) is 8.20. The molecule has 0 aliphatic carbocycles. The number of carbonyl (C=O) groups is 1. The molecule has 3 aromatic rings. The van der Waals surface area contributed by atoms with Crippen LogP contribution in [0.1, 0.15) is 11.1 Å². The van der Waals surface area contributed by atoms with Gasteiger partial charge >= 0.3 is 180 Å². The summed E-state index contributed by atoms with van der Waals surface area (Å²) >= 11 is 1.60. The number of nitrogens with one attached hydrogen (secondary N) is 1. The Morgan fingerprint density at radius 3 is 2.83 bits per heavy atom. The number of aromatic nitrogens is 1. The van der Waals surface area contributed by atoms with Gasteiger partial charge in [-0.25, -0.2) is 0 Å². The average molecular weight is 519 g/mol. The summed E-state index contributed by atoms with van der Waals surface area (Å²) in [6, 6.07) is 13.0. The van der Waals surface area contributed by atoms with Crippen molar-refractivity contribution >= 4 is 39.0 Å². The molecular weight excluding hydrogens is 495 g/mol. The van der Waals surface area contributed by atoms with Crippen LogP contribution in [0.2, 0.25) is 0 Å². The zero-order chi connectivity index (χ0) is 19.8. The summed E-state index contributed by atoms with van der Waals surface area (Å²) in [7, 11) is 0. The summed E-state index contributed by atoms with van der Waals surface area (Å²) in [6.07, 6.45) is 1.61. The second-order valence-corrected chi connectivity index (χ2v) is 10.6. The van der Waals surface area contributed by atoms with Gasteiger partial charge in [0.15, 0.2) is 0 Å². The van der Waals surface area contributed by atoms with Crippen molar-refractivity contribution in [3.8, 4) is 0 Å². The van der Waals surface area contributed by atoms with Crippen molar-refractivity contribution in [2.75, 3.05) is 47.9 Å². The zero-order valence-electron chi connectivity index (χ0n) is 16.4. The molecule has 2 aromatic carbocycles. The third-order valence-corrected chi connectivity index (χ3v) is 8.81. The second-order valence-electron chi connectivity index (χ2n) is 7.60. The molecule has 0 unspecified atom stereocenters. The van der Waals surface area contributed by atoms with Gasteiger partial charge < -0.3 is 0 Å². The van der Waals surface area contributed by atoms with E-state index in [4.69, 9.17) is 4.37 Å². The quantitative estimate of drug-likeness (QED) is 0.383. The maximum absolute atomic E-state index is 11.7. The molecule has 3 heterocycles. The number of fused-ring (bicyclic) bond motifs is 2. The first kappa shape index (κ1) is 19.3. The SMILES string of the molecule is C[I-]c1cc2c(cc1CCN1CCN(c3nsc4ccccc34)CC1)CC(=O)N2. The Kier molecular flexibility index (Phi) is 5.45. The Balaban J connectivity index is 1.22. The summed E-state index contributed by atoms with van der Waals surface area (Å²) in [5, 5.41) is 4.27. The van der Waals surface area contributed by atoms with Crippen molar-refractivity contribution in [2.24, 2.45) is 0 Å². The topological polar surface area (TPSA) is 48.5 Å².